The Labute approximate surface area is 115 Å². The van der Waals surface area contributed by atoms with E-state index in [1.54, 1.807) is 31.2 Å². The molecule has 0 unspecified atom stereocenters. The number of nitrogens with two attached hydrogens (primary N) is 1. The molecule has 5 heteroatoms. The number of halogens is 1. The van der Waals surface area contributed by atoms with E-state index in [9.17, 15) is 9.90 Å². The number of hydrogen-bond acceptors (Lipinski definition) is 3. The fourth-order valence-electron chi connectivity index (χ4n) is 1.62. The van der Waals surface area contributed by atoms with Gasteiger partial charge in [-0.2, -0.15) is 0 Å². The Balaban J connectivity index is 2.45. The molecule has 2 aromatic rings. The van der Waals surface area contributed by atoms with Crippen molar-refractivity contribution >= 4 is 17.5 Å². The zero-order valence-corrected chi connectivity index (χ0v) is 10.9. The number of carbonyl (C=O) groups is 1. The summed E-state index contributed by atoms with van der Waals surface area (Å²) in [4.78, 5) is 11.3. The molecule has 4 nitrogen and oxygen atoms in total. The van der Waals surface area contributed by atoms with Gasteiger partial charge in [0.15, 0.2) is 0 Å². The van der Waals surface area contributed by atoms with Gasteiger partial charge in [-0.25, -0.2) is 0 Å². The van der Waals surface area contributed by atoms with Crippen LogP contribution in [0.5, 0.6) is 17.2 Å². The number of carbonyl (C=O) groups excluding carboxylic acids is 1. The summed E-state index contributed by atoms with van der Waals surface area (Å²) >= 11 is 5.88. The quantitative estimate of drug-likeness (QED) is 0.904. The number of aromatic hydroxyl groups is 1. The van der Waals surface area contributed by atoms with Gasteiger partial charge in [0.2, 0.25) is 0 Å². The van der Waals surface area contributed by atoms with Gasteiger partial charge >= 0.3 is 0 Å². The highest BCUT2D eigenvalue weighted by atomic mass is 35.5. The Morgan fingerprint density at radius 1 is 1.26 bits per heavy atom. The van der Waals surface area contributed by atoms with Gasteiger partial charge in [0.1, 0.15) is 17.2 Å². The zero-order valence-electron chi connectivity index (χ0n) is 10.2. The molecule has 98 valence electrons. The van der Waals surface area contributed by atoms with Crippen LogP contribution in [-0.2, 0) is 0 Å². The normalized spacial score (nSPS) is 10.2. The fourth-order valence-corrected chi connectivity index (χ4v) is 1.78. The van der Waals surface area contributed by atoms with E-state index in [0.717, 1.165) is 0 Å². The molecular weight excluding hydrogens is 266 g/mol. The predicted molar refractivity (Wildman–Crippen MR) is 72.9 cm³/mol. The van der Waals surface area contributed by atoms with Crippen molar-refractivity contribution < 1.29 is 14.6 Å². The maximum absolute atomic E-state index is 11.3. The Kier molecular flexibility index (Phi) is 3.62. The summed E-state index contributed by atoms with van der Waals surface area (Å²) in [7, 11) is 0. The molecule has 0 atom stereocenters. The van der Waals surface area contributed by atoms with Gasteiger partial charge in [0.25, 0.3) is 5.91 Å². The summed E-state index contributed by atoms with van der Waals surface area (Å²) in [6.45, 7) is 1.71. The minimum absolute atomic E-state index is 0.111. The van der Waals surface area contributed by atoms with Gasteiger partial charge < -0.3 is 15.6 Å². The first-order valence-electron chi connectivity index (χ1n) is 5.55. The molecule has 0 radical (unpaired) electrons. The smallest absolute Gasteiger partial charge is 0.252 e. The summed E-state index contributed by atoms with van der Waals surface area (Å²) in [6, 6.07) is 9.44. The highest BCUT2D eigenvalue weighted by Gasteiger charge is 2.13. The fraction of sp³-hybridized carbons (Fsp3) is 0.0714. The largest absolute Gasteiger partial charge is 0.508 e. The van der Waals surface area contributed by atoms with Crippen LogP contribution in [0.15, 0.2) is 36.4 Å². The minimum Gasteiger partial charge on any atom is -0.508 e. The first-order valence-corrected chi connectivity index (χ1v) is 5.92. The lowest BCUT2D eigenvalue weighted by Gasteiger charge is -2.12. The second-order valence-corrected chi connectivity index (χ2v) is 4.44. The molecule has 2 rings (SSSR count). The maximum atomic E-state index is 11.3. The van der Waals surface area contributed by atoms with Crippen molar-refractivity contribution in [1.29, 1.82) is 0 Å². The molecule has 3 N–H and O–H groups in total. The number of benzene rings is 2. The molecular formula is C14H12ClNO3. The summed E-state index contributed by atoms with van der Waals surface area (Å²) < 4.78 is 5.62. The van der Waals surface area contributed by atoms with E-state index in [1.807, 2.05) is 0 Å². The number of phenols is 1. The average molecular weight is 278 g/mol. The highest BCUT2D eigenvalue weighted by Crippen LogP contribution is 2.33. The number of ether oxygens (including phenoxy) is 1. The SMILES string of the molecule is Cc1c(O)cccc1Oc1cc(Cl)ccc1C(N)=O. The topological polar surface area (TPSA) is 72.6 Å². The molecule has 1 amide bonds. The van der Waals surface area contributed by atoms with Crippen molar-refractivity contribution in [2.75, 3.05) is 0 Å². The third-order valence-corrected chi connectivity index (χ3v) is 2.92. The van der Waals surface area contributed by atoms with Gasteiger partial charge in [-0.3, -0.25) is 4.79 Å². The minimum atomic E-state index is -0.607. The Bertz CT molecular complexity index is 641. The van der Waals surface area contributed by atoms with E-state index in [1.165, 1.54) is 12.1 Å². The van der Waals surface area contributed by atoms with Gasteiger partial charge in [-0.05, 0) is 31.2 Å². The number of amides is 1. The summed E-state index contributed by atoms with van der Waals surface area (Å²) in [5.41, 5.74) is 6.07. The van der Waals surface area contributed by atoms with Crippen molar-refractivity contribution in [3.05, 3.63) is 52.5 Å². The molecule has 19 heavy (non-hydrogen) atoms. The third kappa shape index (κ3) is 2.80. The van der Waals surface area contributed by atoms with E-state index >= 15 is 0 Å². The molecule has 0 spiro atoms. The van der Waals surface area contributed by atoms with Crippen molar-refractivity contribution in [1.82, 2.24) is 0 Å². The molecule has 0 saturated heterocycles. The molecule has 0 heterocycles. The summed E-state index contributed by atoms with van der Waals surface area (Å²) in [6.07, 6.45) is 0. The van der Waals surface area contributed by atoms with Crippen LogP contribution in [0.4, 0.5) is 0 Å². The molecule has 0 bridgehead atoms. The van der Waals surface area contributed by atoms with Gasteiger partial charge in [-0.15, -0.1) is 0 Å². The van der Waals surface area contributed by atoms with Crippen LogP contribution in [-0.4, -0.2) is 11.0 Å². The molecule has 0 saturated carbocycles. The molecule has 2 aromatic carbocycles. The van der Waals surface area contributed by atoms with E-state index in [4.69, 9.17) is 22.1 Å². The molecule has 0 aliphatic rings. The van der Waals surface area contributed by atoms with Crippen LogP contribution >= 0.6 is 11.6 Å². The van der Waals surface area contributed by atoms with Crippen LogP contribution < -0.4 is 10.5 Å². The average Bonchev–Trinajstić information content (AvgIpc) is 2.35. The van der Waals surface area contributed by atoms with Crippen LogP contribution in [0.2, 0.25) is 5.02 Å². The van der Waals surface area contributed by atoms with E-state index in [2.05, 4.69) is 0 Å². The lowest BCUT2D eigenvalue weighted by molar-refractivity contribution is 0.0998. The monoisotopic (exact) mass is 277 g/mol. The lowest BCUT2D eigenvalue weighted by Crippen LogP contribution is -2.12. The highest BCUT2D eigenvalue weighted by molar-refractivity contribution is 6.30. The first-order chi connectivity index (χ1) is 8.99. The van der Waals surface area contributed by atoms with E-state index in [-0.39, 0.29) is 17.1 Å². The van der Waals surface area contributed by atoms with Crippen LogP contribution in [0.25, 0.3) is 0 Å². The Morgan fingerprint density at radius 2 is 2.00 bits per heavy atom. The second-order valence-electron chi connectivity index (χ2n) is 4.01. The lowest BCUT2D eigenvalue weighted by atomic mass is 10.1. The zero-order chi connectivity index (χ0) is 14.0. The Hall–Kier alpha value is -2.20. The van der Waals surface area contributed by atoms with Crippen LogP contribution in [0.3, 0.4) is 0 Å². The molecule has 0 fully saturated rings. The predicted octanol–water partition coefficient (Wildman–Crippen LogP) is 3.25. The van der Waals surface area contributed by atoms with Crippen molar-refractivity contribution in [2.45, 2.75) is 6.92 Å². The second kappa shape index (κ2) is 5.20. The standard InChI is InChI=1S/C14H12ClNO3/c1-8-11(17)3-2-4-12(8)19-13-7-9(15)5-6-10(13)14(16)18/h2-7,17H,1H3,(H2,16,18). The van der Waals surface area contributed by atoms with E-state index < -0.39 is 5.91 Å². The van der Waals surface area contributed by atoms with Crippen molar-refractivity contribution in [2.24, 2.45) is 5.73 Å². The summed E-state index contributed by atoms with van der Waals surface area (Å²) in [5, 5.41) is 10.0. The van der Waals surface area contributed by atoms with Crippen LogP contribution in [0, 0.1) is 6.92 Å². The van der Waals surface area contributed by atoms with Crippen LogP contribution in [0.1, 0.15) is 15.9 Å². The Morgan fingerprint density at radius 3 is 2.68 bits per heavy atom. The van der Waals surface area contributed by atoms with Gasteiger partial charge in [0, 0.05) is 16.7 Å². The maximum Gasteiger partial charge on any atom is 0.252 e. The number of hydrogen-bond donors (Lipinski definition) is 2. The van der Waals surface area contributed by atoms with Gasteiger partial charge in [0.05, 0.1) is 5.56 Å². The van der Waals surface area contributed by atoms with Crippen molar-refractivity contribution in [3.8, 4) is 17.2 Å². The molecule has 0 aliphatic heterocycles. The molecule has 0 aromatic heterocycles. The van der Waals surface area contributed by atoms with Gasteiger partial charge in [-0.1, -0.05) is 17.7 Å². The summed E-state index contributed by atoms with van der Waals surface area (Å²) in [5.74, 6) is 0.197. The van der Waals surface area contributed by atoms with E-state index in [0.29, 0.717) is 16.3 Å². The number of primary amides is 1. The number of rotatable bonds is 3. The third-order valence-electron chi connectivity index (χ3n) is 2.68. The number of phenolic OH excluding ortho intramolecular Hbond substituents is 1. The first kappa shape index (κ1) is 13.2. The van der Waals surface area contributed by atoms with Crippen molar-refractivity contribution in [3.63, 3.8) is 0 Å². The molecule has 0 aliphatic carbocycles.